The quantitative estimate of drug-likeness (QED) is 0.146. The van der Waals surface area contributed by atoms with Crippen LogP contribution in [0.2, 0.25) is 0 Å². The van der Waals surface area contributed by atoms with Crippen molar-refractivity contribution >= 4 is 46.5 Å². The van der Waals surface area contributed by atoms with Crippen LogP contribution in [0.15, 0.2) is 0 Å². The summed E-state index contributed by atoms with van der Waals surface area (Å²) >= 11 is 8.74. The van der Waals surface area contributed by atoms with Gasteiger partial charge < -0.3 is 11.5 Å². The predicted molar refractivity (Wildman–Crippen MR) is 56.1 cm³/mol. The lowest BCUT2D eigenvalue weighted by Gasteiger charge is -2.07. The van der Waals surface area contributed by atoms with Gasteiger partial charge in [0, 0.05) is 0 Å². The minimum Gasteiger partial charge on any atom is -0.375 e. The van der Waals surface area contributed by atoms with Gasteiger partial charge in [0.25, 0.3) is 0 Å². The molecule has 0 aliphatic carbocycles. The van der Waals surface area contributed by atoms with Gasteiger partial charge in [-0.1, -0.05) is 0 Å². The number of hydrazine groups is 2. The molecule has 78 valence electrons. The predicted octanol–water partition coefficient (Wildman–Crippen LogP) is -3.28. The Balaban J connectivity index is 3.82. The van der Waals surface area contributed by atoms with E-state index in [1.807, 2.05) is 10.9 Å². The first-order valence-corrected chi connectivity index (χ1v) is 3.96. The van der Waals surface area contributed by atoms with Crippen LogP contribution in [0.3, 0.4) is 0 Å². The van der Waals surface area contributed by atoms with Crippen LogP contribution < -0.4 is 33.2 Å². The Labute approximate surface area is 89.7 Å². The van der Waals surface area contributed by atoms with Crippen LogP contribution in [0.1, 0.15) is 0 Å². The maximum Gasteiger partial charge on any atom is 0.329 e. The summed E-state index contributed by atoms with van der Waals surface area (Å²) < 4.78 is 0. The van der Waals surface area contributed by atoms with Crippen molar-refractivity contribution in [3.63, 3.8) is 0 Å². The van der Waals surface area contributed by atoms with Crippen molar-refractivity contribution in [1.82, 2.24) is 21.7 Å². The van der Waals surface area contributed by atoms with Gasteiger partial charge in [0.1, 0.15) is 0 Å². The van der Waals surface area contributed by atoms with E-state index in [-0.39, 0.29) is 10.2 Å². The van der Waals surface area contributed by atoms with Crippen LogP contribution in [0.4, 0.5) is 0 Å². The van der Waals surface area contributed by atoms with Crippen molar-refractivity contribution in [2.24, 2.45) is 11.5 Å². The third-order valence-electron chi connectivity index (χ3n) is 0.805. The number of nitrogens with two attached hydrogens (primary N) is 2. The van der Waals surface area contributed by atoms with Gasteiger partial charge in [-0.15, -0.1) is 0 Å². The largest absolute Gasteiger partial charge is 0.375 e. The molecular formula is C4H8N6O2S2. The molecule has 14 heavy (non-hydrogen) atoms. The number of carbonyl (C=O) groups is 2. The molecule has 0 fully saturated rings. The lowest BCUT2D eigenvalue weighted by molar-refractivity contribution is -0.139. The molecule has 10 heteroatoms. The SMILES string of the molecule is NC(=S)NNC(=O)C(=O)NNC(N)=S. The summed E-state index contributed by atoms with van der Waals surface area (Å²) in [5.74, 6) is -2.00. The second kappa shape index (κ2) is 5.88. The molecule has 0 spiro atoms. The Morgan fingerprint density at radius 3 is 1.29 bits per heavy atom. The summed E-state index contributed by atoms with van der Waals surface area (Å²) in [5, 5.41) is -0.345. The number of nitrogens with one attached hydrogen (secondary N) is 4. The zero-order valence-electron chi connectivity index (χ0n) is 6.79. The van der Waals surface area contributed by atoms with E-state index < -0.39 is 11.8 Å². The summed E-state index contributed by atoms with van der Waals surface area (Å²) in [6, 6.07) is 0. The molecule has 0 aliphatic rings. The molecule has 0 rings (SSSR count). The summed E-state index contributed by atoms with van der Waals surface area (Å²) in [6.07, 6.45) is 0. The Morgan fingerprint density at radius 1 is 0.786 bits per heavy atom. The van der Waals surface area contributed by atoms with Crippen molar-refractivity contribution < 1.29 is 9.59 Å². The van der Waals surface area contributed by atoms with Gasteiger partial charge >= 0.3 is 11.8 Å². The standard InChI is InChI=1S/C4H8N6O2S2/c5-3(13)9-7-1(11)2(12)8-10-4(6)14/h(H,7,11)(H,8,12)(H3,5,9,13)(H3,6,10,14). The van der Waals surface area contributed by atoms with E-state index in [1.54, 1.807) is 0 Å². The van der Waals surface area contributed by atoms with Crippen LogP contribution in [0.25, 0.3) is 0 Å². The van der Waals surface area contributed by atoms with Gasteiger partial charge in [-0.25, -0.2) is 0 Å². The van der Waals surface area contributed by atoms with Crippen LogP contribution in [0, 0.1) is 0 Å². The van der Waals surface area contributed by atoms with Crippen molar-refractivity contribution in [3.8, 4) is 0 Å². The first-order chi connectivity index (χ1) is 6.43. The third kappa shape index (κ3) is 5.91. The average molecular weight is 236 g/mol. The average Bonchev–Trinajstić information content (AvgIpc) is 2.09. The highest BCUT2D eigenvalue weighted by atomic mass is 32.1. The molecule has 0 atom stereocenters. The van der Waals surface area contributed by atoms with E-state index >= 15 is 0 Å². The molecule has 8 nitrogen and oxygen atoms in total. The highest BCUT2D eigenvalue weighted by molar-refractivity contribution is 7.80. The Morgan fingerprint density at radius 2 is 1.07 bits per heavy atom. The third-order valence-corrected chi connectivity index (χ3v) is 1.01. The molecule has 0 aromatic carbocycles. The fourth-order valence-electron chi connectivity index (χ4n) is 0.350. The minimum atomic E-state index is -0.999. The second-order valence-electron chi connectivity index (χ2n) is 1.89. The van der Waals surface area contributed by atoms with Crippen LogP contribution in [-0.2, 0) is 9.59 Å². The molecule has 0 radical (unpaired) electrons. The maximum absolute atomic E-state index is 10.8. The van der Waals surface area contributed by atoms with Gasteiger partial charge in [-0.05, 0) is 24.4 Å². The second-order valence-corrected chi connectivity index (χ2v) is 2.77. The normalized spacial score (nSPS) is 8.29. The zero-order chi connectivity index (χ0) is 11.1. The van der Waals surface area contributed by atoms with Gasteiger partial charge in [-0.3, -0.25) is 31.3 Å². The van der Waals surface area contributed by atoms with E-state index in [0.717, 1.165) is 0 Å². The number of thiocarbonyl (C=S) groups is 2. The Bertz CT molecular complexity index is 251. The van der Waals surface area contributed by atoms with Gasteiger partial charge in [0.15, 0.2) is 10.2 Å². The van der Waals surface area contributed by atoms with Crippen molar-refractivity contribution in [1.29, 1.82) is 0 Å². The number of rotatable bonds is 0. The fourth-order valence-corrected chi connectivity index (χ4v) is 0.452. The summed E-state index contributed by atoms with van der Waals surface area (Å²) in [5.41, 5.74) is 17.9. The highest BCUT2D eigenvalue weighted by Crippen LogP contribution is 1.64. The van der Waals surface area contributed by atoms with E-state index in [9.17, 15) is 9.59 Å². The topological polar surface area (TPSA) is 134 Å². The molecule has 0 heterocycles. The molecule has 0 saturated carbocycles. The lowest BCUT2D eigenvalue weighted by Crippen LogP contribution is -2.54. The Kier molecular flexibility index (Phi) is 5.17. The molecule has 0 aromatic heterocycles. The van der Waals surface area contributed by atoms with Crippen molar-refractivity contribution in [2.45, 2.75) is 0 Å². The first kappa shape index (κ1) is 12.3. The number of hydrogen-bond donors (Lipinski definition) is 6. The molecule has 0 aliphatic heterocycles. The molecular weight excluding hydrogens is 228 g/mol. The molecule has 8 N–H and O–H groups in total. The summed E-state index contributed by atoms with van der Waals surface area (Å²) in [6.45, 7) is 0. The van der Waals surface area contributed by atoms with Crippen LogP contribution in [0.5, 0.6) is 0 Å². The number of hydrogen-bond acceptors (Lipinski definition) is 4. The fraction of sp³-hybridized carbons (Fsp3) is 0. The van der Waals surface area contributed by atoms with E-state index in [2.05, 4.69) is 35.3 Å². The number of amides is 2. The van der Waals surface area contributed by atoms with Crippen LogP contribution >= 0.6 is 24.4 Å². The zero-order valence-corrected chi connectivity index (χ0v) is 8.42. The highest BCUT2D eigenvalue weighted by Gasteiger charge is 2.12. The monoisotopic (exact) mass is 236 g/mol. The Hall–Kier alpha value is -1.68. The van der Waals surface area contributed by atoms with Gasteiger partial charge in [-0.2, -0.15) is 0 Å². The van der Waals surface area contributed by atoms with Crippen molar-refractivity contribution in [3.05, 3.63) is 0 Å². The molecule has 0 unspecified atom stereocenters. The number of carbonyl (C=O) groups excluding carboxylic acids is 2. The van der Waals surface area contributed by atoms with Crippen molar-refractivity contribution in [2.75, 3.05) is 0 Å². The smallest absolute Gasteiger partial charge is 0.329 e. The molecule has 2 amide bonds. The van der Waals surface area contributed by atoms with E-state index in [1.165, 1.54) is 0 Å². The molecule has 0 bridgehead atoms. The van der Waals surface area contributed by atoms with Gasteiger partial charge in [0.05, 0.1) is 0 Å². The lowest BCUT2D eigenvalue weighted by atomic mass is 10.6. The first-order valence-electron chi connectivity index (χ1n) is 3.14. The molecule has 0 saturated heterocycles. The van der Waals surface area contributed by atoms with Crippen LogP contribution in [-0.4, -0.2) is 22.0 Å². The summed E-state index contributed by atoms with van der Waals surface area (Å²) in [7, 11) is 0. The van der Waals surface area contributed by atoms with E-state index in [4.69, 9.17) is 11.5 Å². The minimum absolute atomic E-state index is 0.173. The maximum atomic E-state index is 10.8. The van der Waals surface area contributed by atoms with E-state index in [0.29, 0.717) is 0 Å². The summed E-state index contributed by atoms with van der Waals surface area (Å²) in [4.78, 5) is 21.7. The van der Waals surface area contributed by atoms with Gasteiger partial charge in [0.2, 0.25) is 0 Å². The molecule has 0 aromatic rings.